The van der Waals surface area contributed by atoms with Gasteiger partial charge in [-0.1, -0.05) is 18.5 Å². The van der Waals surface area contributed by atoms with Gasteiger partial charge in [-0.3, -0.25) is 0 Å². The summed E-state index contributed by atoms with van der Waals surface area (Å²) < 4.78 is 3.34. The van der Waals surface area contributed by atoms with Gasteiger partial charge in [0, 0.05) is 26.4 Å². The predicted octanol–water partition coefficient (Wildman–Crippen LogP) is 4.95. The number of nitrogen functional groups attached to an aromatic ring is 1. The van der Waals surface area contributed by atoms with Gasteiger partial charge in [0.15, 0.2) is 0 Å². The Balaban J connectivity index is 2.30. The summed E-state index contributed by atoms with van der Waals surface area (Å²) in [6, 6.07) is 11.8. The molecule has 1 aromatic heterocycles. The van der Waals surface area contributed by atoms with E-state index >= 15 is 0 Å². The Morgan fingerprint density at radius 3 is 2.81 bits per heavy atom. The molecule has 0 saturated carbocycles. The van der Waals surface area contributed by atoms with Crippen LogP contribution < -0.4 is 5.73 Å². The van der Waals surface area contributed by atoms with Gasteiger partial charge in [0.05, 0.1) is 11.0 Å². The van der Waals surface area contributed by atoms with Crippen molar-refractivity contribution in [2.24, 2.45) is 0 Å². The SMILES string of the molecule is CCCn1c(-c2cc(I)ccc2N)nc2ccc(Cl)cc21. The average molecular weight is 412 g/mol. The quantitative estimate of drug-likeness (QED) is 0.489. The van der Waals surface area contributed by atoms with Crippen molar-refractivity contribution >= 4 is 50.9 Å². The zero-order valence-electron chi connectivity index (χ0n) is 11.6. The molecule has 0 unspecified atom stereocenters. The Kier molecular flexibility index (Phi) is 4.08. The van der Waals surface area contributed by atoms with E-state index in [-0.39, 0.29) is 0 Å². The summed E-state index contributed by atoms with van der Waals surface area (Å²) >= 11 is 8.43. The Morgan fingerprint density at radius 1 is 1.24 bits per heavy atom. The second kappa shape index (κ2) is 5.85. The topological polar surface area (TPSA) is 43.8 Å². The average Bonchev–Trinajstić information content (AvgIpc) is 2.80. The molecule has 5 heteroatoms. The van der Waals surface area contributed by atoms with E-state index in [1.165, 1.54) is 0 Å². The van der Waals surface area contributed by atoms with E-state index in [0.29, 0.717) is 0 Å². The molecule has 1 heterocycles. The van der Waals surface area contributed by atoms with Crippen LogP contribution in [0.3, 0.4) is 0 Å². The number of nitrogens with two attached hydrogens (primary N) is 1. The number of rotatable bonds is 3. The minimum absolute atomic E-state index is 0.724. The molecule has 0 aliphatic rings. The summed E-state index contributed by atoms with van der Waals surface area (Å²) in [6.45, 7) is 3.04. The molecule has 0 radical (unpaired) electrons. The molecule has 0 spiro atoms. The molecule has 3 aromatic rings. The third-order valence-corrected chi connectivity index (χ3v) is 4.32. The zero-order valence-corrected chi connectivity index (χ0v) is 14.5. The summed E-state index contributed by atoms with van der Waals surface area (Å²) in [7, 11) is 0. The van der Waals surface area contributed by atoms with Crippen LogP contribution in [-0.2, 0) is 6.54 Å². The highest BCUT2D eigenvalue weighted by molar-refractivity contribution is 14.1. The number of aryl methyl sites for hydroxylation is 1. The summed E-state index contributed by atoms with van der Waals surface area (Å²) in [5.74, 6) is 0.908. The minimum Gasteiger partial charge on any atom is -0.398 e. The second-order valence-electron chi connectivity index (χ2n) is 4.95. The lowest BCUT2D eigenvalue weighted by atomic mass is 10.1. The van der Waals surface area contributed by atoms with E-state index < -0.39 is 0 Å². The third-order valence-electron chi connectivity index (χ3n) is 3.41. The van der Waals surface area contributed by atoms with E-state index in [9.17, 15) is 0 Å². The molecule has 0 saturated heterocycles. The fraction of sp³-hybridized carbons (Fsp3) is 0.188. The van der Waals surface area contributed by atoms with Crippen molar-refractivity contribution in [3.8, 4) is 11.4 Å². The second-order valence-corrected chi connectivity index (χ2v) is 6.63. The highest BCUT2D eigenvalue weighted by Crippen LogP contribution is 2.31. The Bertz CT molecular complexity index is 811. The summed E-state index contributed by atoms with van der Waals surface area (Å²) in [5.41, 5.74) is 9.87. The molecule has 3 rings (SSSR count). The number of hydrogen-bond donors (Lipinski definition) is 1. The molecule has 3 nitrogen and oxygen atoms in total. The van der Waals surface area contributed by atoms with Gasteiger partial charge < -0.3 is 10.3 Å². The highest BCUT2D eigenvalue weighted by Gasteiger charge is 2.15. The molecule has 0 aliphatic heterocycles. The maximum Gasteiger partial charge on any atom is 0.143 e. The number of anilines is 1. The van der Waals surface area contributed by atoms with Crippen LogP contribution in [0.1, 0.15) is 13.3 Å². The first-order chi connectivity index (χ1) is 10.1. The van der Waals surface area contributed by atoms with Gasteiger partial charge in [0.2, 0.25) is 0 Å². The molecule has 0 bridgehead atoms. The zero-order chi connectivity index (χ0) is 15.0. The lowest BCUT2D eigenvalue weighted by Crippen LogP contribution is -2.02. The molecule has 0 amide bonds. The third kappa shape index (κ3) is 2.74. The first kappa shape index (κ1) is 14.7. The summed E-state index contributed by atoms with van der Waals surface area (Å²) in [5, 5.41) is 0.724. The van der Waals surface area contributed by atoms with Crippen LogP contribution in [0.15, 0.2) is 36.4 Å². The minimum atomic E-state index is 0.724. The van der Waals surface area contributed by atoms with Crippen LogP contribution in [0.25, 0.3) is 22.4 Å². The molecular formula is C16H15ClIN3. The maximum atomic E-state index is 6.16. The molecule has 21 heavy (non-hydrogen) atoms. The van der Waals surface area contributed by atoms with E-state index in [1.807, 2.05) is 30.3 Å². The van der Waals surface area contributed by atoms with Crippen molar-refractivity contribution in [3.63, 3.8) is 0 Å². The number of aromatic nitrogens is 2. The van der Waals surface area contributed by atoms with E-state index in [0.717, 1.165) is 49.7 Å². The molecule has 0 atom stereocenters. The van der Waals surface area contributed by atoms with Gasteiger partial charge in [-0.25, -0.2) is 4.98 Å². The first-order valence-corrected chi connectivity index (χ1v) is 8.27. The number of nitrogens with zero attached hydrogens (tertiary/aromatic N) is 2. The predicted molar refractivity (Wildman–Crippen MR) is 97.6 cm³/mol. The normalized spacial score (nSPS) is 11.2. The first-order valence-electron chi connectivity index (χ1n) is 6.81. The van der Waals surface area contributed by atoms with Crippen molar-refractivity contribution in [1.82, 2.24) is 9.55 Å². The lowest BCUT2D eigenvalue weighted by Gasteiger charge is -2.10. The fourth-order valence-electron chi connectivity index (χ4n) is 2.47. The largest absolute Gasteiger partial charge is 0.398 e. The Hall–Kier alpha value is -1.27. The standard InChI is InChI=1S/C16H15ClIN3/c1-2-7-21-15-8-10(17)3-6-14(15)20-16(21)12-9-11(18)4-5-13(12)19/h3-6,8-9H,2,7,19H2,1H3. The smallest absolute Gasteiger partial charge is 0.143 e. The van der Waals surface area contributed by atoms with Gasteiger partial charge in [-0.05, 0) is 65.4 Å². The number of imidazole rings is 1. The maximum absolute atomic E-state index is 6.16. The van der Waals surface area contributed by atoms with Crippen molar-refractivity contribution in [1.29, 1.82) is 0 Å². The van der Waals surface area contributed by atoms with E-state index in [2.05, 4.69) is 40.1 Å². The van der Waals surface area contributed by atoms with Gasteiger partial charge in [0.25, 0.3) is 0 Å². The van der Waals surface area contributed by atoms with Crippen LogP contribution in [0.4, 0.5) is 5.69 Å². The molecule has 0 aliphatic carbocycles. The number of halogens is 2. The molecule has 0 fully saturated rings. The highest BCUT2D eigenvalue weighted by atomic mass is 127. The molecule has 2 aromatic carbocycles. The van der Waals surface area contributed by atoms with Gasteiger partial charge in [-0.2, -0.15) is 0 Å². The van der Waals surface area contributed by atoms with Crippen molar-refractivity contribution in [2.45, 2.75) is 19.9 Å². The fourth-order valence-corrected chi connectivity index (χ4v) is 3.13. The van der Waals surface area contributed by atoms with Crippen LogP contribution >= 0.6 is 34.2 Å². The van der Waals surface area contributed by atoms with Gasteiger partial charge in [0.1, 0.15) is 5.82 Å². The Labute approximate surface area is 142 Å². The van der Waals surface area contributed by atoms with Crippen LogP contribution in [0.5, 0.6) is 0 Å². The summed E-state index contributed by atoms with van der Waals surface area (Å²) in [6.07, 6.45) is 1.02. The molecular weight excluding hydrogens is 397 g/mol. The molecule has 2 N–H and O–H groups in total. The van der Waals surface area contributed by atoms with Crippen LogP contribution in [0, 0.1) is 3.57 Å². The van der Waals surface area contributed by atoms with Crippen molar-refractivity contribution in [3.05, 3.63) is 45.0 Å². The Morgan fingerprint density at radius 2 is 2.05 bits per heavy atom. The van der Waals surface area contributed by atoms with Crippen molar-refractivity contribution < 1.29 is 0 Å². The van der Waals surface area contributed by atoms with Gasteiger partial charge in [-0.15, -0.1) is 0 Å². The molecule has 108 valence electrons. The van der Waals surface area contributed by atoms with E-state index in [1.54, 1.807) is 0 Å². The van der Waals surface area contributed by atoms with Crippen LogP contribution in [0.2, 0.25) is 5.02 Å². The number of benzene rings is 2. The lowest BCUT2D eigenvalue weighted by molar-refractivity contribution is 0.704. The van der Waals surface area contributed by atoms with Crippen LogP contribution in [-0.4, -0.2) is 9.55 Å². The van der Waals surface area contributed by atoms with Gasteiger partial charge >= 0.3 is 0 Å². The number of fused-ring (bicyclic) bond motifs is 1. The number of hydrogen-bond acceptors (Lipinski definition) is 2. The van der Waals surface area contributed by atoms with E-state index in [4.69, 9.17) is 22.3 Å². The van der Waals surface area contributed by atoms with Crippen molar-refractivity contribution in [2.75, 3.05) is 5.73 Å². The summed E-state index contributed by atoms with van der Waals surface area (Å²) in [4.78, 5) is 4.77. The monoisotopic (exact) mass is 411 g/mol.